The van der Waals surface area contributed by atoms with E-state index < -0.39 is 23.3 Å². The number of hydrogen-bond donors (Lipinski definition) is 0. The van der Waals surface area contributed by atoms with E-state index in [2.05, 4.69) is 54.3 Å². The average Bonchev–Trinajstić information content (AvgIpc) is 3.72. The molecule has 0 radical (unpaired) electrons. The lowest BCUT2D eigenvalue weighted by Gasteiger charge is -2.34. The summed E-state index contributed by atoms with van der Waals surface area (Å²) in [4.78, 5) is 30.7. The first-order valence-corrected chi connectivity index (χ1v) is 17.8. The molecule has 1 fully saturated rings. The number of rotatable bonds is 11. The number of aromatic nitrogens is 4. The Hall–Kier alpha value is -5.21. The molecule has 5 aromatic rings. The summed E-state index contributed by atoms with van der Waals surface area (Å²) in [7, 11) is 2.17. The molecule has 1 saturated carbocycles. The van der Waals surface area contributed by atoms with Crippen LogP contribution in [0.15, 0.2) is 95.9 Å². The van der Waals surface area contributed by atoms with Gasteiger partial charge in [0.1, 0.15) is 0 Å². The summed E-state index contributed by atoms with van der Waals surface area (Å²) in [6.07, 6.45) is 2.02. The fourth-order valence-corrected chi connectivity index (χ4v) is 7.67. The molecule has 2 heterocycles. The molecule has 0 saturated heterocycles. The first-order valence-electron chi connectivity index (χ1n) is 17.8. The molecule has 0 N–H and O–H groups in total. The van der Waals surface area contributed by atoms with E-state index in [9.17, 15) is 28.0 Å². The monoisotopic (exact) mass is 708 g/mol. The molecule has 1 aliphatic carbocycles. The third kappa shape index (κ3) is 7.97. The maximum absolute atomic E-state index is 14.2. The molecule has 11 heteroatoms. The van der Waals surface area contributed by atoms with Gasteiger partial charge < -0.3 is 4.90 Å². The highest BCUT2D eigenvalue weighted by Gasteiger charge is 2.32. The molecule has 0 bridgehead atoms. The van der Waals surface area contributed by atoms with Crippen molar-refractivity contribution in [2.75, 3.05) is 13.6 Å². The predicted octanol–water partition coefficient (Wildman–Crippen LogP) is 8.69. The highest BCUT2D eigenvalue weighted by atomic mass is 19.4. The zero-order valence-corrected chi connectivity index (χ0v) is 29.7. The second-order valence-electron chi connectivity index (χ2n) is 14.1. The average molecular weight is 709 g/mol. The van der Waals surface area contributed by atoms with Crippen LogP contribution in [0, 0.1) is 36.0 Å². The van der Waals surface area contributed by atoms with Gasteiger partial charge in [0.25, 0.3) is 0 Å². The van der Waals surface area contributed by atoms with Crippen molar-refractivity contribution in [2.45, 2.75) is 65.1 Å². The van der Waals surface area contributed by atoms with Crippen LogP contribution >= 0.6 is 0 Å². The van der Waals surface area contributed by atoms with Gasteiger partial charge in [-0.3, -0.25) is 9.36 Å². The van der Waals surface area contributed by atoms with Crippen molar-refractivity contribution in [2.24, 2.45) is 17.8 Å². The van der Waals surface area contributed by atoms with E-state index >= 15 is 0 Å². The van der Waals surface area contributed by atoms with Gasteiger partial charge in [-0.2, -0.15) is 23.5 Å². The lowest BCUT2D eigenvalue weighted by Crippen LogP contribution is -2.31. The summed E-state index contributed by atoms with van der Waals surface area (Å²) in [6, 6.07) is 25.4. The summed E-state index contributed by atoms with van der Waals surface area (Å²) in [5.74, 6) is 0.916. The highest BCUT2D eigenvalue weighted by Crippen LogP contribution is 2.36. The Morgan fingerprint density at radius 3 is 2.37 bits per heavy atom. The first kappa shape index (κ1) is 36.6. The number of benzene rings is 3. The van der Waals surface area contributed by atoms with Crippen molar-refractivity contribution in [3.8, 4) is 28.8 Å². The van der Waals surface area contributed by atoms with Crippen LogP contribution in [0.1, 0.15) is 72.6 Å². The van der Waals surface area contributed by atoms with Gasteiger partial charge in [-0.25, -0.2) is 14.0 Å². The van der Waals surface area contributed by atoms with Gasteiger partial charge in [-0.1, -0.05) is 43.3 Å². The summed E-state index contributed by atoms with van der Waals surface area (Å²) >= 11 is 0. The van der Waals surface area contributed by atoms with Crippen molar-refractivity contribution in [1.29, 1.82) is 5.26 Å². The van der Waals surface area contributed by atoms with E-state index in [0.29, 0.717) is 40.9 Å². The minimum Gasteiger partial charge on any atom is -0.302 e. The second-order valence-corrected chi connectivity index (χ2v) is 14.1. The van der Waals surface area contributed by atoms with Crippen molar-refractivity contribution in [3.63, 3.8) is 0 Å². The molecule has 1 atom stereocenters. The van der Waals surface area contributed by atoms with Crippen molar-refractivity contribution in [1.82, 2.24) is 23.8 Å². The van der Waals surface area contributed by atoms with E-state index in [1.54, 1.807) is 41.9 Å². The van der Waals surface area contributed by atoms with Gasteiger partial charge in [0.15, 0.2) is 0 Å². The summed E-state index contributed by atoms with van der Waals surface area (Å²) in [5, 5.41) is 13.7. The van der Waals surface area contributed by atoms with E-state index in [-0.39, 0.29) is 23.7 Å². The van der Waals surface area contributed by atoms with Crippen LogP contribution in [0.25, 0.3) is 22.8 Å². The zero-order valence-electron chi connectivity index (χ0n) is 29.7. The SMILES string of the molecule is Cc1c(-c2ccnn2-c2ccc(C#N)cc2)n(C(=O)CCC(C)C2CCC(CN(C)Cc3ccccc3)CC2)c(=O)n1-c1cccc(C(F)(F)F)c1. The van der Waals surface area contributed by atoms with Gasteiger partial charge in [-0.05, 0) is 118 Å². The zero-order chi connectivity index (χ0) is 37.0. The number of alkyl halides is 3. The molecule has 1 unspecified atom stereocenters. The number of nitriles is 1. The first-order chi connectivity index (χ1) is 24.9. The van der Waals surface area contributed by atoms with Gasteiger partial charge in [0.05, 0.1) is 51.8 Å². The molecule has 52 heavy (non-hydrogen) atoms. The van der Waals surface area contributed by atoms with Crippen LogP contribution in [-0.2, 0) is 12.7 Å². The van der Waals surface area contributed by atoms with Crippen LogP contribution in [0.5, 0.6) is 0 Å². The number of nitrogens with zero attached hydrogens (tertiary/aromatic N) is 6. The predicted molar refractivity (Wildman–Crippen MR) is 194 cm³/mol. The van der Waals surface area contributed by atoms with Crippen molar-refractivity contribution in [3.05, 3.63) is 124 Å². The van der Waals surface area contributed by atoms with Crippen LogP contribution in [0.4, 0.5) is 13.2 Å². The number of hydrogen-bond acceptors (Lipinski definition) is 5. The second kappa shape index (κ2) is 15.6. The molecule has 8 nitrogen and oxygen atoms in total. The molecule has 2 aromatic heterocycles. The molecule has 0 amide bonds. The quantitative estimate of drug-likeness (QED) is 0.137. The smallest absolute Gasteiger partial charge is 0.302 e. The fraction of sp³-hybridized carbons (Fsp3) is 0.366. The number of carbonyl (C=O) groups excluding carboxylic acids is 1. The third-order valence-corrected chi connectivity index (χ3v) is 10.5. The fourth-order valence-electron chi connectivity index (χ4n) is 7.67. The Kier molecular flexibility index (Phi) is 11.0. The Morgan fingerprint density at radius 2 is 1.69 bits per heavy atom. The van der Waals surface area contributed by atoms with E-state index in [1.807, 2.05) is 6.07 Å². The Balaban J connectivity index is 1.23. The molecule has 3 aromatic carbocycles. The normalized spacial score (nSPS) is 16.9. The van der Waals surface area contributed by atoms with Crippen LogP contribution < -0.4 is 5.69 Å². The largest absolute Gasteiger partial charge is 0.416 e. The van der Waals surface area contributed by atoms with E-state index in [1.165, 1.54) is 23.9 Å². The van der Waals surface area contributed by atoms with Crippen molar-refractivity contribution < 1.29 is 18.0 Å². The molecular weight excluding hydrogens is 665 g/mol. The third-order valence-electron chi connectivity index (χ3n) is 10.5. The van der Waals surface area contributed by atoms with Gasteiger partial charge in [0, 0.05) is 19.5 Å². The molecule has 270 valence electrons. The van der Waals surface area contributed by atoms with Crippen LogP contribution in [-0.4, -0.2) is 43.3 Å². The highest BCUT2D eigenvalue weighted by molar-refractivity contribution is 5.84. The molecular formula is C41H43F3N6O2. The number of imidazole rings is 1. The molecule has 1 aliphatic rings. The Morgan fingerprint density at radius 1 is 0.981 bits per heavy atom. The maximum atomic E-state index is 14.2. The standard InChI is InChI=1S/C41H43F3N6O2/c1-28(33-17-13-32(14-18-33)27-47(3)26-31-8-5-4-6-9-31)12-21-38(51)49-39(37-22-23-46-50(37)35-19-15-30(25-45)16-20-35)29(2)48(40(49)52)36-11-7-10-34(24-36)41(42,43)44/h4-11,15-16,19-20,22-24,28,32-33H,12-14,17-18,21,26-27H2,1-3H3. The number of carbonyl (C=O) groups is 1. The minimum absolute atomic E-state index is 0.00843. The molecule has 0 aliphatic heterocycles. The summed E-state index contributed by atoms with van der Waals surface area (Å²) in [6.45, 7) is 5.75. The number of halogens is 3. The van der Waals surface area contributed by atoms with Gasteiger partial charge in [-0.15, -0.1) is 0 Å². The Labute approximate surface area is 301 Å². The van der Waals surface area contributed by atoms with Crippen LogP contribution in [0.2, 0.25) is 0 Å². The van der Waals surface area contributed by atoms with Gasteiger partial charge in [0.2, 0.25) is 5.91 Å². The van der Waals surface area contributed by atoms with E-state index in [0.717, 1.165) is 60.0 Å². The summed E-state index contributed by atoms with van der Waals surface area (Å²) in [5.41, 5.74) is 1.69. The lowest BCUT2D eigenvalue weighted by atomic mass is 9.75. The molecule has 6 rings (SSSR count). The minimum atomic E-state index is -4.61. The van der Waals surface area contributed by atoms with E-state index in [4.69, 9.17) is 0 Å². The topological polar surface area (TPSA) is 88.8 Å². The van der Waals surface area contributed by atoms with Gasteiger partial charge >= 0.3 is 11.9 Å². The Bertz CT molecular complexity index is 2100. The molecule has 0 spiro atoms. The van der Waals surface area contributed by atoms with Crippen LogP contribution in [0.3, 0.4) is 0 Å². The van der Waals surface area contributed by atoms with Crippen molar-refractivity contribution >= 4 is 5.91 Å². The summed E-state index contributed by atoms with van der Waals surface area (Å²) < 4.78 is 45.0. The lowest BCUT2D eigenvalue weighted by molar-refractivity contribution is -0.137. The maximum Gasteiger partial charge on any atom is 0.416 e.